The average molecular weight is 273 g/mol. The number of hydrogen-bond donors (Lipinski definition) is 1. The first-order chi connectivity index (χ1) is 9.88. The smallest absolute Gasteiger partial charge is 0.112 e. The molecule has 2 fully saturated rings. The molecule has 3 heteroatoms. The van der Waals surface area contributed by atoms with E-state index in [2.05, 4.69) is 16.8 Å². The Labute approximate surface area is 122 Å². The van der Waals surface area contributed by atoms with E-state index in [0.29, 0.717) is 0 Å². The van der Waals surface area contributed by atoms with Crippen LogP contribution in [0.25, 0.3) is 0 Å². The van der Waals surface area contributed by atoms with Crippen LogP contribution in [0.1, 0.15) is 81.0 Å². The largest absolute Gasteiger partial charge is 0.328 e. The second-order valence-electron chi connectivity index (χ2n) is 6.95. The molecular formula is C17H27N3. The fourth-order valence-corrected chi connectivity index (χ4v) is 4.36. The van der Waals surface area contributed by atoms with Crippen LogP contribution in [0.5, 0.6) is 0 Å². The van der Waals surface area contributed by atoms with Gasteiger partial charge < -0.3 is 9.88 Å². The lowest BCUT2D eigenvalue weighted by atomic mass is 9.82. The molecule has 0 amide bonds. The molecule has 0 saturated heterocycles. The summed E-state index contributed by atoms with van der Waals surface area (Å²) in [6.45, 7) is 4.50. The molecule has 20 heavy (non-hydrogen) atoms. The third kappa shape index (κ3) is 2.11. The van der Waals surface area contributed by atoms with E-state index in [1.807, 2.05) is 0 Å². The summed E-state index contributed by atoms with van der Waals surface area (Å²) >= 11 is 0. The minimum Gasteiger partial charge on any atom is -0.328 e. The van der Waals surface area contributed by atoms with Crippen LogP contribution < -0.4 is 5.32 Å². The molecule has 110 valence electrons. The minimum absolute atomic E-state index is 0.749. The van der Waals surface area contributed by atoms with Crippen molar-refractivity contribution in [3.05, 3.63) is 17.2 Å². The van der Waals surface area contributed by atoms with Crippen LogP contribution in [0.15, 0.2) is 0 Å². The first-order valence-corrected chi connectivity index (χ1v) is 8.69. The Morgan fingerprint density at radius 3 is 2.85 bits per heavy atom. The molecule has 2 heterocycles. The minimum atomic E-state index is 0.749. The number of nitrogens with zero attached hydrogens (tertiary/aromatic N) is 2. The van der Waals surface area contributed by atoms with E-state index in [-0.39, 0.29) is 0 Å². The van der Waals surface area contributed by atoms with Gasteiger partial charge in [0.25, 0.3) is 0 Å². The molecule has 1 aromatic rings. The fraction of sp³-hybridized carbons (Fsp3) is 0.824. The van der Waals surface area contributed by atoms with Gasteiger partial charge in [-0.15, -0.1) is 0 Å². The SMILES string of the molecule is CCC1CCCCC1n1c(C2CC2)nc2c1CCNC2. The molecule has 1 N–H and O–H groups in total. The molecule has 4 rings (SSSR count). The first-order valence-electron chi connectivity index (χ1n) is 8.69. The van der Waals surface area contributed by atoms with Crippen LogP contribution in [0, 0.1) is 5.92 Å². The fourth-order valence-electron chi connectivity index (χ4n) is 4.36. The predicted octanol–water partition coefficient (Wildman–Crippen LogP) is 3.55. The van der Waals surface area contributed by atoms with E-state index in [9.17, 15) is 0 Å². The molecular weight excluding hydrogens is 246 g/mol. The molecule has 0 spiro atoms. The van der Waals surface area contributed by atoms with Gasteiger partial charge in [-0.2, -0.15) is 0 Å². The topological polar surface area (TPSA) is 29.9 Å². The maximum atomic E-state index is 5.06. The van der Waals surface area contributed by atoms with Crippen molar-refractivity contribution in [3.8, 4) is 0 Å². The lowest BCUT2D eigenvalue weighted by molar-refractivity contribution is 0.224. The van der Waals surface area contributed by atoms with Crippen molar-refractivity contribution in [1.29, 1.82) is 0 Å². The van der Waals surface area contributed by atoms with Crippen LogP contribution >= 0.6 is 0 Å². The number of imidazole rings is 1. The van der Waals surface area contributed by atoms with Crippen molar-refractivity contribution >= 4 is 0 Å². The molecule has 0 radical (unpaired) electrons. The molecule has 1 aromatic heterocycles. The lowest BCUT2D eigenvalue weighted by Gasteiger charge is -2.34. The zero-order valence-electron chi connectivity index (χ0n) is 12.7. The number of nitrogens with one attached hydrogen (secondary N) is 1. The lowest BCUT2D eigenvalue weighted by Crippen LogP contribution is -2.29. The van der Waals surface area contributed by atoms with E-state index < -0.39 is 0 Å². The molecule has 2 saturated carbocycles. The number of rotatable bonds is 3. The van der Waals surface area contributed by atoms with Crippen molar-refractivity contribution in [2.24, 2.45) is 5.92 Å². The highest BCUT2D eigenvalue weighted by atomic mass is 15.2. The Morgan fingerprint density at radius 1 is 1.20 bits per heavy atom. The first kappa shape index (κ1) is 12.9. The van der Waals surface area contributed by atoms with Gasteiger partial charge in [-0.25, -0.2) is 4.98 Å². The molecule has 3 aliphatic rings. The van der Waals surface area contributed by atoms with E-state index in [0.717, 1.165) is 31.0 Å². The molecule has 0 aromatic carbocycles. The van der Waals surface area contributed by atoms with Crippen molar-refractivity contribution in [2.45, 2.75) is 76.8 Å². The number of aromatic nitrogens is 2. The van der Waals surface area contributed by atoms with E-state index in [1.54, 1.807) is 5.69 Å². The normalized spacial score (nSPS) is 30.2. The van der Waals surface area contributed by atoms with Gasteiger partial charge >= 0.3 is 0 Å². The van der Waals surface area contributed by atoms with Crippen LogP contribution in [-0.2, 0) is 13.0 Å². The Hall–Kier alpha value is -0.830. The van der Waals surface area contributed by atoms with Crippen LogP contribution in [0.4, 0.5) is 0 Å². The summed E-state index contributed by atoms with van der Waals surface area (Å²) in [6, 6.07) is 0.749. The van der Waals surface area contributed by atoms with Crippen molar-refractivity contribution in [2.75, 3.05) is 6.54 Å². The highest BCUT2D eigenvalue weighted by molar-refractivity contribution is 5.25. The summed E-state index contributed by atoms with van der Waals surface area (Å²) in [5, 5.41) is 3.49. The van der Waals surface area contributed by atoms with Gasteiger partial charge in [0.1, 0.15) is 5.82 Å². The number of fused-ring (bicyclic) bond motifs is 1. The van der Waals surface area contributed by atoms with E-state index in [4.69, 9.17) is 4.98 Å². The van der Waals surface area contributed by atoms with Crippen molar-refractivity contribution in [1.82, 2.24) is 14.9 Å². The Kier molecular flexibility index (Phi) is 3.33. The molecule has 1 aliphatic heterocycles. The van der Waals surface area contributed by atoms with Crippen molar-refractivity contribution < 1.29 is 0 Å². The van der Waals surface area contributed by atoms with Gasteiger partial charge in [-0.1, -0.05) is 26.2 Å². The maximum absolute atomic E-state index is 5.06. The molecule has 2 aliphatic carbocycles. The highest BCUT2D eigenvalue weighted by Gasteiger charge is 2.36. The molecule has 2 unspecified atom stereocenters. The maximum Gasteiger partial charge on any atom is 0.112 e. The molecule has 3 nitrogen and oxygen atoms in total. The summed E-state index contributed by atoms with van der Waals surface area (Å²) in [5.74, 6) is 3.11. The zero-order chi connectivity index (χ0) is 13.5. The van der Waals surface area contributed by atoms with Gasteiger partial charge in [0.15, 0.2) is 0 Å². The summed E-state index contributed by atoms with van der Waals surface area (Å²) < 4.78 is 2.74. The summed E-state index contributed by atoms with van der Waals surface area (Å²) in [6.07, 6.45) is 10.9. The van der Waals surface area contributed by atoms with E-state index >= 15 is 0 Å². The Balaban J connectivity index is 1.76. The third-order valence-electron chi connectivity index (χ3n) is 5.62. The second kappa shape index (κ2) is 5.18. The number of hydrogen-bond acceptors (Lipinski definition) is 2. The van der Waals surface area contributed by atoms with Crippen LogP contribution in [-0.4, -0.2) is 16.1 Å². The van der Waals surface area contributed by atoms with Crippen LogP contribution in [0.2, 0.25) is 0 Å². The standard InChI is InChI=1S/C17H27N3/c1-2-12-5-3-4-6-15(12)20-16-9-10-18-11-14(16)19-17(20)13-7-8-13/h12-13,15,18H,2-11H2,1H3. The van der Waals surface area contributed by atoms with E-state index in [1.165, 1.54) is 62.9 Å². The summed E-state index contributed by atoms with van der Waals surface area (Å²) in [5.41, 5.74) is 2.94. The monoisotopic (exact) mass is 273 g/mol. The quantitative estimate of drug-likeness (QED) is 0.912. The summed E-state index contributed by atoms with van der Waals surface area (Å²) in [4.78, 5) is 5.06. The van der Waals surface area contributed by atoms with Gasteiger partial charge in [0.2, 0.25) is 0 Å². The Morgan fingerprint density at radius 2 is 2.05 bits per heavy atom. The predicted molar refractivity (Wildman–Crippen MR) is 80.9 cm³/mol. The third-order valence-corrected chi connectivity index (χ3v) is 5.62. The molecule has 2 atom stereocenters. The average Bonchev–Trinajstić information content (AvgIpc) is 3.27. The Bertz CT molecular complexity index is 487. The highest BCUT2D eigenvalue weighted by Crippen LogP contribution is 2.45. The van der Waals surface area contributed by atoms with Gasteiger partial charge in [-0.3, -0.25) is 0 Å². The van der Waals surface area contributed by atoms with Gasteiger partial charge in [0, 0.05) is 37.2 Å². The second-order valence-corrected chi connectivity index (χ2v) is 6.95. The van der Waals surface area contributed by atoms with Gasteiger partial charge in [0.05, 0.1) is 5.69 Å². The van der Waals surface area contributed by atoms with Crippen LogP contribution in [0.3, 0.4) is 0 Å². The zero-order valence-corrected chi connectivity index (χ0v) is 12.7. The van der Waals surface area contributed by atoms with Crippen molar-refractivity contribution in [3.63, 3.8) is 0 Å². The molecule has 0 bridgehead atoms. The van der Waals surface area contributed by atoms with Gasteiger partial charge in [-0.05, 0) is 31.6 Å². The summed E-state index contributed by atoms with van der Waals surface area (Å²) in [7, 11) is 0.